The molecule has 0 saturated carbocycles. The molecule has 0 aliphatic rings. The second-order valence-corrected chi connectivity index (χ2v) is 8.83. The largest absolute Gasteiger partial charge is 0.310 e. The van der Waals surface area contributed by atoms with Crippen molar-refractivity contribution in [2.75, 3.05) is 0 Å². The van der Waals surface area contributed by atoms with Gasteiger partial charge < -0.3 is 4.98 Å². The van der Waals surface area contributed by atoms with Crippen LogP contribution in [0.3, 0.4) is 0 Å². The summed E-state index contributed by atoms with van der Waals surface area (Å²) in [4.78, 5) is 26.7. The smallest absolute Gasteiger partial charge is 0.260 e. The van der Waals surface area contributed by atoms with Crippen molar-refractivity contribution >= 4 is 32.9 Å². The zero-order chi connectivity index (χ0) is 19.1. The predicted octanol–water partition coefficient (Wildman–Crippen LogP) is 5.27. The van der Waals surface area contributed by atoms with Crippen molar-refractivity contribution in [2.24, 2.45) is 0 Å². The fourth-order valence-corrected chi connectivity index (χ4v) is 4.95. The maximum atomic E-state index is 13.3. The zero-order valence-electron chi connectivity index (χ0n) is 15.2. The minimum atomic E-state index is -0.297. The van der Waals surface area contributed by atoms with E-state index in [2.05, 4.69) is 28.8 Å². The van der Waals surface area contributed by atoms with E-state index in [9.17, 15) is 9.18 Å². The number of hydrogen-bond acceptors (Lipinski definition) is 5. The van der Waals surface area contributed by atoms with Crippen molar-refractivity contribution in [1.82, 2.24) is 15.0 Å². The van der Waals surface area contributed by atoms with Gasteiger partial charge in [-0.05, 0) is 24.6 Å². The quantitative estimate of drug-likeness (QED) is 0.509. The molecule has 138 valence electrons. The zero-order valence-corrected chi connectivity index (χ0v) is 16.8. The molecule has 4 aromatic rings. The van der Waals surface area contributed by atoms with Crippen LogP contribution in [0.2, 0.25) is 0 Å². The third-order valence-corrected chi connectivity index (χ3v) is 6.53. The number of halogens is 1. The van der Waals surface area contributed by atoms with E-state index >= 15 is 0 Å². The van der Waals surface area contributed by atoms with Crippen LogP contribution in [0.25, 0.3) is 21.3 Å². The monoisotopic (exact) mass is 399 g/mol. The molecule has 4 nitrogen and oxygen atoms in total. The average molecular weight is 400 g/mol. The molecule has 0 bridgehead atoms. The Labute approximate surface area is 163 Å². The van der Waals surface area contributed by atoms with Gasteiger partial charge in [0.2, 0.25) is 0 Å². The number of nitrogens with zero attached hydrogens (tertiary/aromatic N) is 2. The van der Waals surface area contributed by atoms with Gasteiger partial charge in [0.15, 0.2) is 0 Å². The number of H-pyrrole nitrogens is 1. The van der Waals surface area contributed by atoms with Gasteiger partial charge in [-0.25, -0.2) is 14.4 Å². The molecule has 0 fully saturated rings. The molecular weight excluding hydrogens is 381 g/mol. The Morgan fingerprint density at radius 3 is 2.59 bits per heavy atom. The van der Waals surface area contributed by atoms with Crippen LogP contribution >= 0.6 is 22.7 Å². The summed E-state index contributed by atoms with van der Waals surface area (Å²) in [7, 11) is 0. The molecule has 3 aromatic heterocycles. The van der Waals surface area contributed by atoms with Crippen molar-refractivity contribution in [2.45, 2.75) is 33.1 Å². The summed E-state index contributed by atoms with van der Waals surface area (Å²) in [5.74, 6) is 0.700. The molecule has 27 heavy (non-hydrogen) atoms. The lowest BCUT2D eigenvalue weighted by Crippen LogP contribution is -2.12. The Bertz CT molecular complexity index is 1170. The van der Waals surface area contributed by atoms with Crippen LogP contribution in [0.15, 0.2) is 34.4 Å². The maximum Gasteiger partial charge on any atom is 0.260 e. The summed E-state index contributed by atoms with van der Waals surface area (Å²) in [6.07, 6.45) is 0.497. The number of fused-ring (bicyclic) bond motifs is 1. The summed E-state index contributed by atoms with van der Waals surface area (Å²) in [5.41, 5.74) is 2.39. The van der Waals surface area contributed by atoms with Crippen molar-refractivity contribution in [1.29, 1.82) is 0 Å². The number of aromatic nitrogens is 3. The number of benzene rings is 1. The number of aryl methyl sites for hydroxylation is 1. The van der Waals surface area contributed by atoms with Gasteiger partial charge in [0.1, 0.15) is 16.5 Å². The lowest BCUT2D eigenvalue weighted by Gasteiger charge is -2.03. The van der Waals surface area contributed by atoms with E-state index in [4.69, 9.17) is 0 Å². The minimum absolute atomic E-state index is 0.169. The van der Waals surface area contributed by atoms with Gasteiger partial charge in [-0.1, -0.05) is 26.0 Å². The van der Waals surface area contributed by atoms with E-state index in [0.717, 1.165) is 26.7 Å². The van der Waals surface area contributed by atoms with Gasteiger partial charge >= 0.3 is 0 Å². The molecule has 1 N–H and O–H groups in total. The number of aromatic amines is 1. The first kappa shape index (κ1) is 18.0. The van der Waals surface area contributed by atoms with Crippen molar-refractivity contribution in [3.8, 4) is 11.1 Å². The highest BCUT2D eigenvalue weighted by atomic mass is 32.1. The van der Waals surface area contributed by atoms with Crippen molar-refractivity contribution in [3.63, 3.8) is 0 Å². The highest BCUT2D eigenvalue weighted by Gasteiger charge is 2.17. The van der Waals surface area contributed by atoms with Crippen LogP contribution in [-0.4, -0.2) is 15.0 Å². The molecular formula is C20H18FN3OS2. The van der Waals surface area contributed by atoms with Gasteiger partial charge in [-0.3, -0.25) is 4.79 Å². The molecule has 4 rings (SSSR count). The van der Waals surface area contributed by atoms with E-state index < -0.39 is 0 Å². The Morgan fingerprint density at radius 1 is 1.19 bits per heavy atom. The van der Waals surface area contributed by atoms with Gasteiger partial charge in [0.25, 0.3) is 5.56 Å². The number of rotatable bonds is 4. The molecule has 0 saturated heterocycles. The van der Waals surface area contributed by atoms with E-state index in [-0.39, 0.29) is 11.4 Å². The van der Waals surface area contributed by atoms with Gasteiger partial charge in [0, 0.05) is 28.2 Å². The Hall–Kier alpha value is -2.38. The first-order valence-electron chi connectivity index (χ1n) is 8.65. The number of thiophene rings is 1. The topological polar surface area (TPSA) is 58.6 Å². The van der Waals surface area contributed by atoms with Crippen molar-refractivity contribution in [3.05, 3.63) is 67.2 Å². The molecule has 0 aliphatic heterocycles. The highest BCUT2D eigenvalue weighted by Crippen LogP contribution is 2.35. The Kier molecular flexibility index (Phi) is 4.65. The Morgan fingerprint density at radius 2 is 1.93 bits per heavy atom. The van der Waals surface area contributed by atoms with Crippen LogP contribution in [0.5, 0.6) is 0 Å². The standard InChI is InChI=1S/C20H18FN3OS2/c1-10(2)19-22-14(9-26-19)8-15-23-18(25)17-16(11(3)27-20(17)24-15)12-4-6-13(21)7-5-12/h4-7,9-10H,8H2,1-3H3,(H,23,24,25). The predicted molar refractivity (Wildman–Crippen MR) is 109 cm³/mol. The molecule has 1 aromatic carbocycles. The van der Waals surface area contributed by atoms with Crippen LogP contribution in [-0.2, 0) is 6.42 Å². The third kappa shape index (κ3) is 3.44. The fraction of sp³-hybridized carbons (Fsp3) is 0.250. The molecule has 0 unspecified atom stereocenters. The molecule has 3 heterocycles. The summed E-state index contributed by atoms with van der Waals surface area (Å²) < 4.78 is 13.3. The summed E-state index contributed by atoms with van der Waals surface area (Å²) in [5, 5.41) is 3.66. The normalized spacial score (nSPS) is 11.6. The minimum Gasteiger partial charge on any atom is -0.310 e. The van der Waals surface area contributed by atoms with Gasteiger partial charge in [0.05, 0.1) is 16.1 Å². The molecule has 0 aliphatic carbocycles. The van der Waals surface area contributed by atoms with E-state index in [1.807, 2.05) is 12.3 Å². The van der Waals surface area contributed by atoms with Gasteiger partial charge in [-0.15, -0.1) is 22.7 Å². The molecule has 0 spiro atoms. The number of nitrogens with one attached hydrogen (secondary N) is 1. The maximum absolute atomic E-state index is 13.3. The van der Waals surface area contributed by atoms with E-state index in [1.165, 1.54) is 23.5 Å². The average Bonchev–Trinajstić information content (AvgIpc) is 3.20. The number of thiazole rings is 1. The van der Waals surface area contributed by atoms with Gasteiger partial charge in [-0.2, -0.15) is 0 Å². The molecule has 0 amide bonds. The Balaban J connectivity index is 1.76. The van der Waals surface area contributed by atoms with Crippen molar-refractivity contribution < 1.29 is 4.39 Å². The molecule has 0 radical (unpaired) electrons. The van der Waals surface area contributed by atoms with E-state index in [0.29, 0.717) is 28.4 Å². The lowest BCUT2D eigenvalue weighted by atomic mass is 10.0. The van der Waals surface area contributed by atoms with E-state index in [1.54, 1.807) is 23.5 Å². The van der Waals surface area contributed by atoms with Crippen LogP contribution < -0.4 is 5.56 Å². The number of hydrogen-bond donors (Lipinski definition) is 1. The molecule has 7 heteroatoms. The second-order valence-electron chi connectivity index (χ2n) is 6.74. The summed E-state index contributed by atoms with van der Waals surface area (Å²) >= 11 is 3.11. The van der Waals surface area contributed by atoms with Crippen LogP contribution in [0.4, 0.5) is 4.39 Å². The fourth-order valence-electron chi connectivity index (χ4n) is 3.05. The SMILES string of the molecule is Cc1sc2nc(Cc3csc(C(C)C)n3)[nH]c(=O)c2c1-c1ccc(F)cc1. The third-order valence-electron chi connectivity index (χ3n) is 4.33. The summed E-state index contributed by atoms with van der Waals surface area (Å²) in [6, 6.07) is 6.20. The van der Waals surface area contributed by atoms with Crippen LogP contribution in [0, 0.1) is 12.7 Å². The lowest BCUT2D eigenvalue weighted by molar-refractivity contribution is 0.628. The molecule has 0 atom stereocenters. The first-order valence-corrected chi connectivity index (χ1v) is 10.3. The summed E-state index contributed by atoms with van der Waals surface area (Å²) in [6.45, 7) is 6.18. The first-order chi connectivity index (χ1) is 12.9. The second kappa shape index (κ2) is 6.98. The van der Waals surface area contributed by atoms with Crippen LogP contribution in [0.1, 0.15) is 41.2 Å². The highest BCUT2D eigenvalue weighted by molar-refractivity contribution is 7.19.